The summed E-state index contributed by atoms with van der Waals surface area (Å²) in [5.41, 5.74) is 1.04. The summed E-state index contributed by atoms with van der Waals surface area (Å²) in [7, 11) is 0. The van der Waals surface area contributed by atoms with Crippen LogP contribution in [0.5, 0.6) is 5.75 Å². The van der Waals surface area contributed by atoms with E-state index in [1.54, 1.807) is 37.3 Å². The molecule has 11 nitrogen and oxygen atoms in total. The van der Waals surface area contributed by atoms with Gasteiger partial charge < -0.3 is 25.8 Å². The highest BCUT2D eigenvalue weighted by Crippen LogP contribution is 2.20. The van der Waals surface area contributed by atoms with Gasteiger partial charge in [0.15, 0.2) is 5.12 Å². The van der Waals surface area contributed by atoms with Gasteiger partial charge in [-0.3, -0.25) is 19.2 Å². The number of fused-ring (bicyclic) bond motifs is 2. The minimum atomic E-state index is -1.20. The number of ether oxygens (including phenoxy) is 1. The maximum atomic E-state index is 13.5. The van der Waals surface area contributed by atoms with Gasteiger partial charge in [0.1, 0.15) is 29.3 Å². The number of rotatable bonds is 7. The Morgan fingerprint density at radius 1 is 1.12 bits per heavy atom. The van der Waals surface area contributed by atoms with Gasteiger partial charge in [-0.2, -0.15) is 0 Å². The Balaban J connectivity index is 1.96. The Labute approximate surface area is 258 Å². The van der Waals surface area contributed by atoms with Crippen molar-refractivity contribution in [2.24, 2.45) is 0 Å². The molecule has 2 aromatic rings. The molecule has 0 spiro atoms. The first kappa shape index (κ1) is 33.4. The standard InChI is InChI=1S/C30H34N4O7S2/c1-4-22-28(38)34-24(15-19-8-10-20(36)11-9-19)30(40)41-21(7-5-6-14-43-18(2)35)16-27(37)31-17-25-26(42-3)13-12-23(32-25)29(39)33-22/h4-5,7-13,21,24,36H,6,14-17H2,1-3H3,(H,31,37)(H,33,39)(H,34,38)/b7-5+,22-4-/t21-,24+/m1/s1. The van der Waals surface area contributed by atoms with E-state index in [1.165, 1.54) is 43.0 Å². The van der Waals surface area contributed by atoms with Crippen molar-refractivity contribution >= 4 is 52.3 Å². The van der Waals surface area contributed by atoms with Gasteiger partial charge in [0, 0.05) is 24.0 Å². The predicted molar refractivity (Wildman–Crippen MR) is 164 cm³/mol. The Bertz CT molecular complexity index is 1410. The summed E-state index contributed by atoms with van der Waals surface area (Å²) in [6.45, 7) is 3.07. The molecule has 0 radical (unpaired) electrons. The number of phenolic OH excluding ortho intramolecular Hbond substituents is 1. The fourth-order valence-electron chi connectivity index (χ4n) is 4.01. The third kappa shape index (κ3) is 10.6. The normalized spacial score (nSPS) is 19.5. The predicted octanol–water partition coefficient (Wildman–Crippen LogP) is 3.03. The van der Waals surface area contributed by atoms with E-state index in [4.69, 9.17) is 4.74 Å². The fourth-order valence-corrected chi connectivity index (χ4v) is 5.11. The average Bonchev–Trinajstić information content (AvgIpc) is 2.98. The van der Waals surface area contributed by atoms with Crippen molar-refractivity contribution < 1.29 is 33.8 Å². The number of nitrogens with zero attached hydrogens (tertiary/aromatic N) is 1. The molecule has 0 aliphatic carbocycles. The lowest BCUT2D eigenvalue weighted by Crippen LogP contribution is -2.47. The van der Waals surface area contributed by atoms with Crippen molar-refractivity contribution in [3.05, 3.63) is 77.3 Å². The van der Waals surface area contributed by atoms with Crippen molar-refractivity contribution in [2.75, 3.05) is 12.0 Å². The number of amides is 3. The van der Waals surface area contributed by atoms with E-state index in [-0.39, 0.29) is 41.6 Å². The van der Waals surface area contributed by atoms with Crippen LogP contribution in [0.3, 0.4) is 0 Å². The molecule has 0 unspecified atom stereocenters. The third-order valence-corrected chi connectivity index (χ3v) is 7.84. The lowest BCUT2D eigenvalue weighted by molar-refractivity contribution is -0.151. The molecule has 1 aromatic heterocycles. The van der Waals surface area contributed by atoms with E-state index in [2.05, 4.69) is 20.9 Å². The van der Waals surface area contributed by atoms with Gasteiger partial charge in [0.25, 0.3) is 11.8 Å². The molecular formula is C30H34N4O7S2. The number of aromatic hydroxyl groups is 1. The molecule has 0 fully saturated rings. The van der Waals surface area contributed by atoms with Gasteiger partial charge >= 0.3 is 5.97 Å². The zero-order valence-corrected chi connectivity index (χ0v) is 25.7. The molecule has 2 atom stereocenters. The molecule has 3 rings (SSSR count). The number of allylic oxidation sites excluding steroid dienone is 2. The van der Waals surface area contributed by atoms with Crippen molar-refractivity contribution in [2.45, 2.75) is 56.7 Å². The van der Waals surface area contributed by atoms with Gasteiger partial charge in [0.05, 0.1) is 18.7 Å². The number of pyridine rings is 1. The molecular weight excluding hydrogens is 592 g/mol. The molecule has 13 heteroatoms. The highest BCUT2D eigenvalue weighted by Gasteiger charge is 2.28. The van der Waals surface area contributed by atoms with Crippen LogP contribution in [0.15, 0.2) is 65.2 Å². The Hall–Kier alpha value is -4.10. The number of phenols is 1. The highest BCUT2D eigenvalue weighted by atomic mass is 32.2. The van der Waals surface area contributed by atoms with Crippen LogP contribution in [0.1, 0.15) is 48.4 Å². The van der Waals surface area contributed by atoms with Crippen LogP contribution in [0, 0.1) is 0 Å². The zero-order chi connectivity index (χ0) is 31.4. The van der Waals surface area contributed by atoms with E-state index in [0.717, 1.165) is 16.7 Å². The lowest BCUT2D eigenvalue weighted by Gasteiger charge is -2.22. The summed E-state index contributed by atoms with van der Waals surface area (Å²) >= 11 is 2.56. The summed E-state index contributed by atoms with van der Waals surface area (Å²) in [4.78, 5) is 69.1. The number of carbonyl (C=O) groups is 5. The first-order chi connectivity index (χ1) is 20.6. The maximum Gasteiger partial charge on any atom is 0.329 e. The Kier molecular flexibility index (Phi) is 12.8. The summed E-state index contributed by atoms with van der Waals surface area (Å²) in [6.07, 6.45) is 5.90. The van der Waals surface area contributed by atoms with Gasteiger partial charge in [-0.15, -0.1) is 11.8 Å². The highest BCUT2D eigenvalue weighted by molar-refractivity contribution is 8.13. The Morgan fingerprint density at radius 3 is 2.53 bits per heavy atom. The molecule has 4 N–H and O–H groups in total. The van der Waals surface area contributed by atoms with Crippen LogP contribution in [0.4, 0.5) is 0 Å². The number of carbonyl (C=O) groups excluding carboxylic acids is 5. The molecule has 1 aromatic carbocycles. The third-order valence-electron chi connectivity index (χ3n) is 6.18. The van der Waals surface area contributed by atoms with E-state index in [9.17, 15) is 29.1 Å². The average molecular weight is 627 g/mol. The van der Waals surface area contributed by atoms with Crippen LogP contribution in [-0.2, 0) is 36.9 Å². The molecule has 1 aliphatic heterocycles. The van der Waals surface area contributed by atoms with E-state index in [0.29, 0.717) is 23.4 Å². The van der Waals surface area contributed by atoms with E-state index >= 15 is 0 Å². The number of hydrogen-bond donors (Lipinski definition) is 4. The fraction of sp³-hybridized carbons (Fsp3) is 0.333. The number of thioether (sulfide) groups is 2. The van der Waals surface area contributed by atoms with Crippen molar-refractivity contribution in [3.8, 4) is 5.75 Å². The van der Waals surface area contributed by atoms with E-state index < -0.39 is 35.8 Å². The zero-order valence-electron chi connectivity index (χ0n) is 24.0. The van der Waals surface area contributed by atoms with Crippen molar-refractivity contribution in [1.29, 1.82) is 0 Å². The van der Waals surface area contributed by atoms with E-state index in [1.807, 2.05) is 6.26 Å². The van der Waals surface area contributed by atoms with Gasteiger partial charge in [0.2, 0.25) is 5.91 Å². The van der Waals surface area contributed by atoms with Crippen LogP contribution < -0.4 is 16.0 Å². The minimum absolute atomic E-state index is 0.00867. The maximum absolute atomic E-state index is 13.5. The smallest absolute Gasteiger partial charge is 0.329 e. The second-order valence-corrected chi connectivity index (χ2v) is 11.5. The monoisotopic (exact) mass is 626 g/mol. The van der Waals surface area contributed by atoms with Gasteiger partial charge in [-0.1, -0.05) is 36.0 Å². The molecule has 2 heterocycles. The number of cyclic esters (lactones) is 1. The van der Waals surface area contributed by atoms with Crippen LogP contribution in [-0.4, -0.2) is 63.1 Å². The summed E-state index contributed by atoms with van der Waals surface area (Å²) in [5.74, 6) is -2.03. The molecule has 3 amide bonds. The molecule has 43 heavy (non-hydrogen) atoms. The number of esters is 1. The summed E-state index contributed by atoms with van der Waals surface area (Å²) < 4.78 is 5.73. The first-order valence-electron chi connectivity index (χ1n) is 13.5. The number of aromatic nitrogens is 1. The van der Waals surface area contributed by atoms with Crippen LogP contribution >= 0.6 is 23.5 Å². The molecule has 0 saturated heterocycles. The summed E-state index contributed by atoms with van der Waals surface area (Å²) in [6, 6.07) is 8.15. The minimum Gasteiger partial charge on any atom is -0.508 e. The quantitative estimate of drug-likeness (QED) is 0.118. The molecule has 1 aliphatic rings. The second-order valence-electron chi connectivity index (χ2n) is 9.41. The number of benzene rings is 1. The topological polar surface area (TPSA) is 164 Å². The SMILES string of the molecule is C/C=C1\NC(=O)c2ccc(SC)c(n2)CNC(=O)C[C@@H](/C=C/CCSC(C)=O)OC(=O)[C@H](Cc2ccc(O)cc2)NC1=O. The Morgan fingerprint density at radius 2 is 1.86 bits per heavy atom. The van der Waals surface area contributed by atoms with Crippen molar-refractivity contribution in [3.63, 3.8) is 0 Å². The summed E-state index contributed by atoms with van der Waals surface area (Å²) in [5, 5.41) is 17.6. The van der Waals surface area contributed by atoms with Gasteiger partial charge in [-0.05, 0) is 55.5 Å². The van der Waals surface area contributed by atoms with Crippen LogP contribution in [0.25, 0.3) is 0 Å². The van der Waals surface area contributed by atoms with Gasteiger partial charge in [-0.25, -0.2) is 9.78 Å². The number of hydrogen-bond acceptors (Lipinski definition) is 10. The largest absolute Gasteiger partial charge is 0.508 e. The molecule has 0 saturated carbocycles. The lowest BCUT2D eigenvalue weighted by atomic mass is 10.1. The van der Waals surface area contributed by atoms with Crippen LogP contribution in [0.2, 0.25) is 0 Å². The second kappa shape index (κ2) is 16.5. The first-order valence-corrected chi connectivity index (χ1v) is 15.7. The van der Waals surface area contributed by atoms with Crippen molar-refractivity contribution in [1.82, 2.24) is 20.9 Å². The number of nitrogens with one attached hydrogen (secondary N) is 3. The molecule has 2 bridgehead atoms. The molecule has 228 valence electrons.